The van der Waals surface area contributed by atoms with E-state index in [4.69, 9.17) is 4.74 Å². The van der Waals surface area contributed by atoms with Crippen LogP contribution in [0.25, 0.3) is 0 Å². The molecule has 4 nitrogen and oxygen atoms in total. The first-order valence-electron chi connectivity index (χ1n) is 10.4. The molecular formula is C23H35NO3. The van der Waals surface area contributed by atoms with Crippen LogP contribution in [0.4, 0.5) is 5.69 Å². The van der Waals surface area contributed by atoms with Crippen LogP contribution in [0.1, 0.15) is 71.3 Å². The molecule has 1 heterocycles. The number of anilines is 1. The molecule has 2 fully saturated rings. The predicted molar refractivity (Wildman–Crippen MR) is 109 cm³/mol. The van der Waals surface area contributed by atoms with Crippen molar-refractivity contribution in [1.82, 2.24) is 0 Å². The van der Waals surface area contributed by atoms with Crippen molar-refractivity contribution in [2.75, 3.05) is 25.2 Å². The number of hydrogen-bond acceptors (Lipinski definition) is 3. The number of rotatable bonds is 6. The monoisotopic (exact) mass is 373 g/mol. The Kier molecular flexibility index (Phi) is 5.69. The molecule has 1 aromatic carbocycles. The second kappa shape index (κ2) is 7.56. The van der Waals surface area contributed by atoms with Gasteiger partial charge < -0.3 is 14.7 Å². The third-order valence-electron chi connectivity index (χ3n) is 6.83. The summed E-state index contributed by atoms with van der Waals surface area (Å²) in [4.78, 5) is 15.2. The summed E-state index contributed by atoms with van der Waals surface area (Å²) in [5.74, 6) is 0.255. The van der Waals surface area contributed by atoms with Gasteiger partial charge in [-0.05, 0) is 56.2 Å². The van der Waals surface area contributed by atoms with Crippen LogP contribution in [0.2, 0.25) is 0 Å². The van der Waals surface area contributed by atoms with Crippen molar-refractivity contribution in [2.24, 2.45) is 5.41 Å². The number of nitrogens with zero attached hydrogens (tertiary/aromatic N) is 1. The number of carbonyl (C=O) groups excluding carboxylic acids is 1. The van der Waals surface area contributed by atoms with Crippen molar-refractivity contribution < 1.29 is 14.6 Å². The fourth-order valence-corrected chi connectivity index (χ4v) is 4.98. The van der Waals surface area contributed by atoms with E-state index in [-0.39, 0.29) is 16.7 Å². The minimum absolute atomic E-state index is 0.0450. The lowest BCUT2D eigenvalue weighted by Crippen LogP contribution is -2.43. The quantitative estimate of drug-likeness (QED) is 0.802. The second-order valence-electron chi connectivity index (χ2n) is 9.33. The summed E-state index contributed by atoms with van der Waals surface area (Å²) in [6.45, 7) is 7.90. The van der Waals surface area contributed by atoms with E-state index in [1.807, 2.05) is 4.90 Å². The van der Waals surface area contributed by atoms with Gasteiger partial charge in [0, 0.05) is 24.8 Å². The maximum atomic E-state index is 13.3. The molecule has 0 unspecified atom stereocenters. The third-order valence-corrected chi connectivity index (χ3v) is 6.83. The van der Waals surface area contributed by atoms with Gasteiger partial charge in [-0.2, -0.15) is 0 Å². The normalized spacial score (nSPS) is 28.9. The first kappa shape index (κ1) is 20.3. The van der Waals surface area contributed by atoms with E-state index in [0.717, 1.165) is 57.2 Å². The van der Waals surface area contributed by atoms with Crippen molar-refractivity contribution in [3.63, 3.8) is 0 Å². The van der Waals surface area contributed by atoms with Gasteiger partial charge in [-0.1, -0.05) is 39.3 Å². The summed E-state index contributed by atoms with van der Waals surface area (Å²) in [7, 11) is 1.73. The molecule has 0 radical (unpaired) electrons. The van der Waals surface area contributed by atoms with Crippen LogP contribution in [0.15, 0.2) is 24.3 Å². The van der Waals surface area contributed by atoms with E-state index in [9.17, 15) is 9.90 Å². The Morgan fingerprint density at radius 2 is 1.74 bits per heavy atom. The number of benzene rings is 1. The highest BCUT2D eigenvalue weighted by Crippen LogP contribution is 2.49. The number of carbonyl (C=O) groups is 1. The van der Waals surface area contributed by atoms with Crippen molar-refractivity contribution in [1.29, 1.82) is 0 Å². The van der Waals surface area contributed by atoms with Crippen molar-refractivity contribution in [3.8, 4) is 0 Å². The molecule has 3 rings (SSSR count). The van der Waals surface area contributed by atoms with Gasteiger partial charge in [-0.3, -0.25) is 4.79 Å². The van der Waals surface area contributed by atoms with Gasteiger partial charge in [0.1, 0.15) is 0 Å². The maximum absolute atomic E-state index is 13.3. The Labute approximate surface area is 163 Å². The molecule has 1 N–H and O–H groups in total. The Balaban J connectivity index is 1.71. The van der Waals surface area contributed by atoms with Gasteiger partial charge in [-0.15, -0.1) is 0 Å². The molecule has 0 atom stereocenters. The highest BCUT2D eigenvalue weighted by molar-refractivity contribution is 6.00. The molecular weight excluding hydrogens is 338 g/mol. The van der Waals surface area contributed by atoms with Crippen LogP contribution >= 0.6 is 0 Å². The van der Waals surface area contributed by atoms with Gasteiger partial charge >= 0.3 is 0 Å². The summed E-state index contributed by atoms with van der Waals surface area (Å²) < 4.78 is 5.33. The Morgan fingerprint density at radius 3 is 2.30 bits per heavy atom. The highest BCUT2D eigenvalue weighted by Gasteiger charge is 2.51. The molecule has 1 aromatic rings. The Hall–Kier alpha value is -1.39. The number of amides is 1. The molecule has 0 aromatic heterocycles. The molecule has 1 amide bonds. The predicted octanol–water partition coefficient (Wildman–Crippen LogP) is 4.44. The largest absolute Gasteiger partial charge is 0.390 e. The van der Waals surface area contributed by atoms with Gasteiger partial charge in [-0.25, -0.2) is 0 Å². The first-order chi connectivity index (χ1) is 12.8. The lowest BCUT2D eigenvalue weighted by molar-refractivity contribution is -0.130. The molecule has 1 aliphatic carbocycles. The standard InChI is InChI=1S/C23H35NO3/c1-5-10-23(26)13-11-22(12-14-23)15-16-24(20(22)25)19-8-6-18(7-9-19)21(2,3)17-27-4/h6-9,26H,5,10-17H2,1-4H3. The summed E-state index contributed by atoms with van der Waals surface area (Å²) in [6, 6.07) is 8.38. The molecule has 1 saturated heterocycles. The molecule has 27 heavy (non-hydrogen) atoms. The topological polar surface area (TPSA) is 49.8 Å². The minimum Gasteiger partial charge on any atom is -0.390 e. The van der Waals surface area contributed by atoms with Crippen LogP contribution in [-0.4, -0.2) is 36.9 Å². The van der Waals surface area contributed by atoms with Crippen LogP contribution < -0.4 is 4.90 Å². The van der Waals surface area contributed by atoms with Gasteiger partial charge in [0.15, 0.2) is 0 Å². The molecule has 4 heteroatoms. The van der Waals surface area contributed by atoms with E-state index < -0.39 is 5.60 Å². The lowest BCUT2D eigenvalue weighted by Gasteiger charge is -2.41. The molecule has 1 aliphatic heterocycles. The fourth-order valence-electron chi connectivity index (χ4n) is 4.98. The van der Waals surface area contributed by atoms with Gasteiger partial charge in [0.2, 0.25) is 5.91 Å². The molecule has 0 bridgehead atoms. The average Bonchev–Trinajstić information content (AvgIpc) is 2.95. The number of hydrogen-bond donors (Lipinski definition) is 1. The van der Waals surface area contributed by atoms with E-state index in [0.29, 0.717) is 6.61 Å². The van der Waals surface area contributed by atoms with Crippen LogP contribution in [0.5, 0.6) is 0 Å². The number of methoxy groups -OCH3 is 1. The molecule has 1 spiro atoms. The third kappa shape index (κ3) is 3.93. The summed E-state index contributed by atoms with van der Waals surface area (Å²) in [5.41, 5.74) is 1.35. The first-order valence-corrected chi connectivity index (χ1v) is 10.4. The van der Waals surface area contributed by atoms with Crippen molar-refractivity contribution in [3.05, 3.63) is 29.8 Å². The van der Waals surface area contributed by atoms with Crippen LogP contribution in [-0.2, 0) is 14.9 Å². The smallest absolute Gasteiger partial charge is 0.233 e. The zero-order valence-electron chi connectivity index (χ0n) is 17.4. The van der Waals surface area contributed by atoms with Crippen molar-refractivity contribution in [2.45, 2.75) is 76.7 Å². The highest BCUT2D eigenvalue weighted by atomic mass is 16.5. The fraction of sp³-hybridized carbons (Fsp3) is 0.696. The van der Waals surface area contributed by atoms with Crippen LogP contribution in [0, 0.1) is 5.41 Å². The average molecular weight is 374 g/mol. The maximum Gasteiger partial charge on any atom is 0.233 e. The SMILES string of the molecule is CCCC1(O)CCC2(CCN(c3ccc(C(C)(C)COC)cc3)C2=O)CC1. The second-order valence-corrected chi connectivity index (χ2v) is 9.33. The lowest BCUT2D eigenvalue weighted by atomic mass is 9.67. The summed E-state index contributed by atoms with van der Waals surface area (Å²) in [5, 5.41) is 10.7. The van der Waals surface area contributed by atoms with Crippen LogP contribution in [0.3, 0.4) is 0 Å². The summed E-state index contributed by atoms with van der Waals surface area (Å²) >= 11 is 0. The van der Waals surface area contributed by atoms with E-state index in [1.54, 1.807) is 7.11 Å². The van der Waals surface area contributed by atoms with E-state index in [1.165, 1.54) is 5.56 Å². The van der Waals surface area contributed by atoms with Gasteiger partial charge in [0.05, 0.1) is 17.6 Å². The minimum atomic E-state index is -0.553. The number of aliphatic hydroxyl groups is 1. The molecule has 150 valence electrons. The van der Waals surface area contributed by atoms with E-state index >= 15 is 0 Å². The van der Waals surface area contributed by atoms with E-state index in [2.05, 4.69) is 45.0 Å². The summed E-state index contributed by atoms with van der Waals surface area (Å²) in [6.07, 6.45) is 5.89. The molecule has 2 aliphatic rings. The Bertz CT molecular complexity index is 657. The zero-order valence-corrected chi connectivity index (χ0v) is 17.4. The zero-order chi connectivity index (χ0) is 19.7. The Morgan fingerprint density at radius 1 is 1.11 bits per heavy atom. The molecule has 1 saturated carbocycles. The van der Waals surface area contributed by atoms with Gasteiger partial charge in [0.25, 0.3) is 0 Å². The van der Waals surface area contributed by atoms with Crippen molar-refractivity contribution >= 4 is 11.6 Å². The number of ether oxygens (including phenoxy) is 1.